The van der Waals surface area contributed by atoms with Crippen molar-refractivity contribution in [2.45, 2.75) is 63.2 Å². The van der Waals surface area contributed by atoms with Gasteiger partial charge in [-0.15, -0.1) is 0 Å². The summed E-state index contributed by atoms with van der Waals surface area (Å²) >= 11 is 0. The normalized spacial score (nSPS) is 28.1. The third-order valence-electron chi connectivity index (χ3n) is 4.71. The maximum absolute atomic E-state index is 12.9. The quantitative estimate of drug-likeness (QED) is 0.728. The van der Waals surface area contributed by atoms with E-state index in [4.69, 9.17) is 4.74 Å². The molecule has 0 radical (unpaired) electrons. The summed E-state index contributed by atoms with van der Waals surface area (Å²) in [4.78, 5) is 11.8. The van der Waals surface area contributed by atoms with Crippen molar-refractivity contribution in [3.05, 3.63) is 0 Å². The molecule has 20 heavy (non-hydrogen) atoms. The molecule has 6 heteroatoms. The maximum Gasteiger partial charge on any atom is 0.310 e. The molecule has 2 rings (SSSR count). The first-order valence-corrected chi connectivity index (χ1v) is 9.11. The zero-order valence-corrected chi connectivity index (χ0v) is 13.2. The Morgan fingerprint density at radius 3 is 2.35 bits per heavy atom. The molecule has 0 aliphatic heterocycles. The number of esters is 1. The minimum absolute atomic E-state index is 0.129. The number of nitrogens with zero attached hydrogens (tertiary/aromatic N) is 1. The molecular formula is C14H25NO4S. The van der Waals surface area contributed by atoms with Gasteiger partial charge in [-0.3, -0.25) is 4.79 Å². The number of methoxy groups -OCH3 is 1. The fraction of sp³-hybridized carbons (Fsp3) is 0.929. The first-order valence-electron chi connectivity index (χ1n) is 7.60. The zero-order valence-electron chi connectivity index (χ0n) is 12.4. The van der Waals surface area contributed by atoms with Crippen molar-refractivity contribution in [2.24, 2.45) is 5.92 Å². The summed E-state index contributed by atoms with van der Waals surface area (Å²) < 4.78 is 32.2. The van der Waals surface area contributed by atoms with Crippen molar-refractivity contribution in [1.29, 1.82) is 0 Å². The number of carbonyl (C=O) groups is 1. The molecule has 2 aliphatic carbocycles. The lowest BCUT2D eigenvalue weighted by molar-refractivity contribution is -0.145. The minimum atomic E-state index is -3.41. The molecular weight excluding hydrogens is 278 g/mol. The lowest BCUT2D eigenvalue weighted by Gasteiger charge is -2.31. The molecule has 2 saturated carbocycles. The predicted octanol–water partition coefficient (Wildman–Crippen LogP) is 1.92. The van der Waals surface area contributed by atoms with E-state index in [1.807, 2.05) is 6.92 Å². The van der Waals surface area contributed by atoms with Crippen LogP contribution in [0.25, 0.3) is 0 Å². The Balaban J connectivity index is 2.21. The van der Waals surface area contributed by atoms with E-state index in [1.54, 1.807) is 4.31 Å². The molecule has 5 nitrogen and oxygen atoms in total. The molecule has 0 spiro atoms. The number of rotatable bonds is 5. The third kappa shape index (κ3) is 2.86. The monoisotopic (exact) mass is 303 g/mol. The molecule has 2 fully saturated rings. The second-order valence-electron chi connectivity index (χ2n) is 5.79. The molecule has 2 aliphatic rings. The van der Waals surface area contributed by atoms with E-state index in [0.29, 0.717) is 19.4 Å². The summed E-state index contributed by atoms with van der Waals surface area (Å²) in [6.07, 6.45) is 6.07. The second-order valence-corrected chi connectivity index (χ2v) is 7.89. The van der Waals surface area contributed by atoms with E-state index < -0.39 is 21.2 Å². The number of sulfonamides is 1. The lowest BCUT2D eigenvalue weighted by atomic mass is 10.1. The minimum Gasteiger partial charge on any atom is -0.469 e. The largest absolute Gasteiger partial charge is 0.469 e. The summed E-state index contributed by atoms with van der Waals surface area (Å²) in [5.41, 5.74) is 0. The van der Waals surface area contributed by atoms with Crippen molar-refractivity contribution in [2.75, 3.05) is 13.7 Å². The van der Waals surface area contributed by atoms with Gasteiger partial charge in [-0.2, -0.15) is 4.31 Å². The summed E-state index contributed by atoms with van der Waals surface area (Å²) in [5, 5.41) is -0.588. The van der Waals surface area contributed by atoms with Crippen molar-refractivity contribution < 1.29 is 17.9 Å². The van der Waals surface area contributed by atoms with Crippen molar-refractivity contribution in [3.63, 3.8) is 0 Å². The van der Waals surface area contributed by atoms with E-state index in [-0.39, 0.29) is 12.0 Å². The molecule has 0 amide bonds. The van der Waals surface area contributed by atoms with Gasteiger partial charge in [-0.1, -0.05) is 26.2 Å². The third-order valence-corrected chi connectivity index (χ3v) is 7.25. The van der Waals surface area contributed by atoms with Gasteiger partial charge < -0.3 is 4.74 Å². The average Bonchev–Trinajstić information content (AvgIpc) is 3.09. The highest BCUT2D eigenvalue weighted by molar-refractivity contribution is 7.89. The molecule has 2 unspecified atom stereocenters. The Bertz CT molecular complexity index is 442. The van der Waals surface area contributed by atoms with Gasteiger partial charge in [0.05, 0.1) is 18.3 Å². The van der Waals surface area contributed by atoms with E-state index in [1.165, 1.54) is 7.11 Å². The SMILES string of the molecule is CCN(C1CCCC1)S(=O)(=O)C1CCCC1C(=O)OC. The van der Waals surface area contributed by atoms with Crippen molar-refractivity contribution in [1.82, 2.24) is 4.31 Å². The number of hydrogen-bond acceptors (Lipinski definition) is 4. The molecule has 0 aromatic rings. The van der Waals surface area contributed by atoms with Gasteiger partial charge >= 0.3 is 5.97 Å². The maximum atomic E-state index is 12.9. The van der Waals surface area contributed by atoms with Crippen LogP contribution in [0.5, 0.6) is 0 Å². The van der Waals surface area contributed by atoms with Crippen molar-refractivity contribution in [3.8, 4) is 0 Å². The van der Waals surface area contributed by atoms with Gasteiger partial charge in [0, 0.05) is 12.6 Å². The van der Waals surface area contributed by atoms with Gasteiger partial charge in [-0.05, 0) is 25.7 Å². The van der Waals surface area contributed by atoms with Crippen LogP contribution in [0.15, 0.2) is 0 Å². The van der Waals surface area contributed by atoms with Crippen molar-refractivity contribution >= 4 is 16.0 Å². The van der Waals surface area contributed by atoms with Crippen LogP contribution in [-0.4, -0.2) is 43.6 Å². The van der Waals surface area contributed by atoms with E-state index in [2.05, 4.69) is 0 Å². The first kappa shape index (κ1) is 15.8. The summed E-state index contributed by atoms with van der Waals surface area (Å²) in [6, 6.07) is 0.129. The Morgan fingerprint density at radius 2 is 1.80 bits per heavy atom. The van der Waals surface area contributed by atoms with Crippen LogP contribution in [0.4, 0.5) is 0 Å². The van der Waals surface area contributed by atoms with Gasteiger partial charge in [0.1, 0.15) is 0 Å². The van der Waals surface area contributed by atoms with Gasteiger partial charge in [0.25, 0.3) is 0 Å². The summed E-state index contributed by atoms with van der Waals surface area (Å²) in [5.74, 6) is -0.862. The standard InChI is InChI=1S/C14H25NO4S/c1-3-15(11-7-4-5-8-11)20(17,18)13-10-6-9-12(13)14(16)19-2/h11-13H,3-10H2,1-2H3. The Labute approximate surface area is 121 Å². The first-order chi connectivity index (χ1) is 9.52. The molecule has 0 heterocycles. The highest BCUT2D eigenvalue weighted by Gasteiger charge is 2.46. The zero-order chi connectivity index (χ0) is 14.8. The number of ether oxygens (including phenoxy) is 1. The number of carbonyl (C=O) groups excluding carboxylic acids is 1. The van der Waals surface area contributed by atoms with Crippen LogP contribution in [0.1, 0.15) is 51.9 Å². The summed E-state index contributed by atoms with van der Waals surface area (Å²) in [7, 11) is -2.07. The van der Waals surface area contributed by atoms with Crippen LogP contribution in [0.3, 0.4) is 0 Å². The fourth-order valence-corrected chi connectivity index (χ4v) is 6.18. The molecule has 0 N–H and O–H groups in total. The van der Waals surface area contributed by atoms with Crippen LogP contribution >= 0.6 is 0 Å². The Hall–Kier alpha value is -0.620. The predicted molar refractivity (Wildman–Crippen MR) is 76.7 cm³/mol. The Kier molecular flexibility index (Phi) is 5.07. The van der Waals surface area contributed by atoms with Crippen LogP contribution in [-0.2, 0) is 19.6 Å². The van der Waals surface area contributed by atoms with Crippen LogP contribution in [0, 0.1) is 5.92 Å². The fourth-order valence-electron chi connectivity index (χ4n) is 3.72. The molecule has 0 aromatic heterocycles. The molecule has 116 valence electrons. The van der Waals surface area contributed by atoms with E-state index in [0.717, 1.165) is 32.1 Å². The van der Waals surface area contributed by atoms with E-state index >= 15 is 0 Å². The number of hydrogen-bond donors (Lipinski definition) is 0. The van der Waals surface area contributed by atoms with Gasteiger partial charge in [0.2, 0.25) is 10.0 Å². The lowest BCUT2D eigenvalue weighted by Crippen LogP contribution is -2.46. The highest BCUT2D eigenvalue weighted by Crippen LogP contribution is 2.36. The smallest absolute Gasteiger partial charge is 0.310 e. The van der Waals surface area contributed by atoms with Gasteiger partial charge in [0.15, 0.2) is 0 Å². The molecule has 0 saturated heterocycles. The highest BCUT2D eigenvalue weighted by atomic mass is 32.2. The van der Waals surface area contributed by atoms with Crippen LogP contribution in [0.2, 0.25) is 0 Å². The molecule has 0 bridgehead atoms. The van der Waals surface area contributed by atoms with Crippen LogP contribution < -0.4 is 0 Å². The second kappa shape index (κ2) is 6.43. The summed E-state index contributed by atoms with van der Waals surface area (Å²) in [6.45, 7) is 2.38. The topological polar surface area (TPSA) is 63.7 Å². The molecule has 2 atom stereocenters. The molecule has 0 aromatic carbocycles. The Morgan fingerprint density at radius 1 is 1.15 bits per heavy atom. The average molecular weight is 303 g/mol. The van der Waals surface area contributed by atoms with E-state index in [9.17, 15) is 13.2 Å². The van der Waals surface area contributed by atoms with Gasteiger partial charge in [-0.25, -0.2) is 8.42 Å².